The van der Waals surface area contributed by atoms with Crippen molar-refractivity contribution in [2.24, 2.45) is 5.10 Å². The van der Waals surface area contributed by atoms with E-state index in [1.807, 2.05) is 11.9 Å². The fourth-order valence-corrected chi connectivity index (χ4v) is 1.85. The van der Waals surface area contributed by atoms with E-state index in [1.54, 1.807) is 7.11 Å². The number of methoxy groups -OCH3 is 2. The largest absolute Gasteiger partial charge is 0.469 e. The zero-order chi connectivity index (χ0) is 12.0. The van der Waals surface area contributed by atoms with Crippen molar-refractivity contribution in [2.75, 3.05) is 27.4 Å². The first-order valence-corrected chi connectivity index (χ1v) is 5.54. The van der Waals surface area contributed by atoms with Crippen LogP contribution >= 0.6 is 0 Å². The maximum atomic E-state index is 11.1. The number of hydrogen-bond donors (Lipinski definition) is 0. The van der Waals surface area contributed by atoms with Crippen LogP contribution in [0.4, 0.5) is 0 Å². The van der Waals surface area contributed by atoms with Crippen molar-refractivity contribution in [3.63, 3.8) is 0 Å². The molecule has 0 aliphatic carbocycles. The fraction of sp³-hybridized carbons (Fsp3) is 0.818. The molecule has 0 aromatic rings. The fourth-order valence-electron chi connectivity index (χ4n) is 1.85. The van der Waals surface area contributed by atoms with E-state index in [2.05, 4.69) is 9.84 Å². The molecule has 0 radical (unpaired) electrons. The van der Waals surface area contributed by atoms with Gasteiger partial charge in [0.1, 0.15) is 0 Å². The lowest BCUT2D eigenvalue weighted by molar-refractivity contribution is -0.139. The van der Waals surface area contributed by atoms with E-state index in [4.69, 9.17) is 4.74 Å². The van der Waals surface area contributed by atoms with Gasteiger partial charge in [0, 0.05) is 19.4 Å². The van der Waals surface area contributed by atoms with Gasteiger partial charge in [-0.1, -0.05) is 0 Å². The molecular weight excluding hydrogens is 208 g/mol. The van der Waals surface area contributed by atoms with Crippen LogP contribution in [-0.2, 0) is 14.3 Å². The van der Waals surface area contributed by atoms with Gasteiger partial charge in [0.25, 0.3) is 0 Å². The van der Waals surface area contributed by atoms with Gasteiger partial charge in [0.15, 0.2) is 0 Å². The maximum absolute atomic E-state index is 11.1. The number of ether oxygens (including phenoxy) is 2. The lowest BCUT2D eigenvalue weighted by atomic mass is 10.2. The van der Waals surface area contributed by atoms with E-state index in [1.165, 1.54) is 7.11 Å². The van der Waals surface area contributed by atoms with Crippen LogP contribution in [0.2, 0.25) is 0 Å². The molecule has 16 heavy (non-hydrogen) atoms. The molecule has 1 heterocycles. The summed E-state index contributed by atoms with van der Waals surface area (Å²) in [7, 11) is 3.08. The molecule has 0 saturated carbocycles. The molecule has 5 nitrogen and oxygen atoms in total. The molecule has 0 amide bonds. The Balaban J connectivity index is 2.49. The van der Waals surface area contributed by atoms with Gasteiger partial charge in [-0.2, -0.15) is 5.10 Å². The summed E-state index contributed by atoms with van der Waals surface area (Å²) in [4.78, 5) is 11.1. The first-order chi connectivity index (χ1) is 7.67. The van der Waals surface area contributed by atoms with Gasteiger partial charge >= 0.3 is 5.97 Å². The Labute approximate surface area is 96.4 Å². The molecule has 0 N–H and O–H groups in total. The molecule has 1 atom stereocenters. The number of carbonyl (C=O) groups excluding carboxylic acids is 1. The highest BCUT2D eigenvalue weighted by Crippen LogP contribution is 2.17. The third-order valence-corrected chi connectivity index (χ3v) is 2.63. The van der Waals surface area contributed by atoms with E-state index >= 15 is 0 Å². The van der Waals surface area contributed by atoms with Crippen molar-refractivity contribution in [3.05, 3.63) is 0 Å². The number of hydrogen-bond acceptors (Lipinski definition) is 5. The number of esters is 1. The van der Waals surface area contributed by atoms with Gasteiger partial charge in [-0.15, -0.1) is 0 Å². The average molecular weight is 228 g/mol. The van der Waals surface area contributed by atoms with E-state index in [-0.39, 0.29) is 12.4 Å². The highest BCUT2D eigenvalue weighted by Gasteiger charge is 2.23. The summed E-state index contributed by atoms with van der Waals surface area (Å²) in [6.07, 6.45) is 2.48. The molecule has 0 aromatic heterocycles. The summed E-state index contributed by atoms with van der Waals surface area (Å²) >= 11 is 0. The second-order valence-corrected chi connectivity index (χ2v) is 4.00. The molecule has 0 unspecified atom stereocenters. The standard InChI is InChI=1S/C11H20N2O3/c1-9(7-11(14)16-3)12-13-6-4-5-10(13)8-15-2/h10H,4-8H2,1-3H3/t10-/m0/s1. The molecule has 0 aromatic carbocycles. The van der Waals surface area contributed by atoms with Gasteiger partial charge in [-0.05, 0) is 19.8 Å². The van der Waals surface area contributed by atoms with Crippen molar-refractivity contribution in [1.29, 1.82) is 0 Å². The van der Waals surface area contributed by atoms with Crippen molar-refractivity contribution in [2.45, 2.75) is 32.2 Å². The van der Waals surface area contributed by atoms with E-state index in [9.17, 15) is 4.79 Å². The number of nitrogens with zero attached hydrogens (tertiary/aromatic N) is 2. The van der Waals surface area contributed by atoms with Crippen LogP contribution in [0.5, 0.6) is 0 Å². The molecule has 1 rings (SSSR count). The minimum absolute atomic E-state index is 0.247. The topological polar surface area (TPSA) is 51.1 Å². The maximum Gasteiger partial charge on any atom is 0.311 e. The van der Waals surface area contributed by atoms with Crippen LogP contribution in [0, 0.1) is 0 Å². The highest BCUT2D eigenvalue weighted by molar-refractivity contribution is 5.97. The quantitative estimate of drug-likeness (QED) is 0.521. The van der Waals surface area contributed by atoms with Crippen LogP contribution in [0.15, 0.2) is 5.10 Å². The molecule has 5 heteroatoms. The minimum Gasteiger partial charge on any atom is -0.469 e. The predicted molar refractivity (Wildman–Crippen MR) is 61.3 cm³/mol. The first kappa shape index (κ1) is 13.0. The van der Waals surface area contributed by atoms with Crippen molar-refractivity contribution >= 4 is 11.7 Å². The van der Waals surface area contributed by atoms with Gasteiger partial charge < -0.3 is 9.47 Å². The number of rotatable bonds is 5. The van der Waals surface area contributed by atoms with Gasteiger partial charge in [-0.25, -0.2) is 0 Å². The number of hydrazone groups is 1. The molecular formula is C11H20N2O3. The van der Waals surface area contributed by atoms with Gasteiger partial charge in [0.05, 0.1) is 26.2 Å². The van der Waals surface area contributed by atoms with Crippen molar-refractivity contribution in [1.82, 2.24) is 5.01 Å². The van der Waals surface area contributed by atoms with Crippen LogP contribution in [0.3, 0.4) is 0 Å². The van der Waals surface area contributed by atoms with Crippen LogP contribution < -0.4 is 0 Å². The lowest BCUT2D eigenvalue weighted by Gasteiger charge is -2.21. The summed E-state index contributed by atoms with van der Waals surface area (Å²) in [6, 6.07) is 0.345. The molecule has 1 saturated heterocycles. The Kier molecular flexibility index (Phi) is 5.25. The second-order valence-electron chi connectivity index (χ2n) is 4.00. The van der Waals surface area contributed by atoms with Crippen LogP contribution in [-0.4, -0.2) is 50.1 Å². The Morgan fingerprint density at radius 2 is 2.25 bits per heavy atom. The Hall–Kier alpha value is -1.10. The Morgan fingerprint density at radius 3 is 2.88 bits per heavy atom. The highest BCUT2D eigenvalue weighted by atomic mass is 16.5. The van der Waals surface area contributed by atoms with Crippen LogP contribution in [0.1, 0.15) is 26.2 Å². The third-order valence-electron chi connectivity index (χ3n) is 2.63. The second kappa shape index (κ2) is 6.48. The van der Waals surface area contributed by atoms with Gasteiger partial charge in [-0.3, -0.25) is 9.80 Å². The Bertz CT molecular complexity index is 266. The summed E-state index contributed by atoms with van der Waals surface area (Å²) in [5.74, 6) is -0.247. The summed E-state index contributed by atoms with van der Waals surface area (Å²) in [5.41, 5.74) is 0.787. The average Bonchev–Trinajstić information content (AvgIpc) is 2.66. The molecule has 1 fully saturated rings. The normalized spacial score (nSPS) is 21.3. The molecule has 1 aliphatic heterocycles. The SMILES string of the molecule is COC[C@@H]1CCCN1N=C(C)CC(=O)OC. The van der Waals surface area contributed by atoms with E-state index in [0.29, 0.717) is 12.6 Å². The molecule has 92 valence electrons. The summed E-state index contributed by atoms with van der Waals surface area (Å²) in [6.45, 7) is 3.47. The van der Waals surface area contributed by atoms with Crippen molar-refractivity contribution < 1.29 is 14.3 Å². The number of carbonyl (C=O) groups is 1. The summed E-state index contributed by atoms with van der Waals surface area (Å²) < 4.78 is 9.73. The zero-order valence-electron chi connectivity index (χ0n) is 10.2. The minimum atomic E-state index is -0.247. The monoisotopic (exact) mass is 228 g/mol. The van der Waals surface area contributed by atoms with E-state index in [0.717, 1.165) is 25.1 Å². The molecule has 1 aliphatic rings. The smallest absolute Gasteiger partial charge is 0.311 e. The Morgan fingerprint density at radius 1 is 1.50 bits per heavy atom. The molecule has 0 bridgehead atoms. The van der Waals surface area contributed by atoms with Crippen LogP contribution in [0.25, 0.3) is 0 Å². The molecule has 0 spiro atoms. The zero-order valence-corrected chi connectivity index (χ0v) is 10.2. The first-order valence-electron chi connectivity index (χ1n) is 5.54. The van der Waals surface area contributed by atoms with Crippen molar-refractivity contribution in [3.8, 4) is 0 Å². The predicted octanol–water partition coefficient (Wildman–Crippen LogP) is 1.04. The van der Waals surface area contributed by atoms with E-state index < -0.39 is 0 Å². The summed E-state index contributed by atoms with van der Waals surface area (Å²) in [5, 5.41) is 6.45. The van der Waals surface area contributed by atoms with Gasteiger partial charge in [0.2, 0.25) is 0 Å². The third kappa shape index (κ3) is 3.81. The lowest BCUT2D eigenvalue weighted by Crippen LogP contribution is -2.29.